The fourth-order valence-corrected chi connectivity index (χ4v) is 2.78. The van der Waals surface area contributed by atoms with Crippen molar-refractivity contribution in [3.63, 3.8) is 0 Å². The predicted molar refractivity (Wildman–Crippen MR) is 63.2 cm³/mol. The molecule has 0 amide bonds. The minimum Gasteiger partial charge on any atom is -0.144 e. The monoisotopic (exact) mass is 198 g/mol. The summed E-state index contributed by atoms with van der Waals surface area (Å²) in [5.74, 6) is 0. The maximum Gasteiger partial charge on any atom is 0.0355 e. The van der Waals surface area contributed by atoms with Gasteiger partial charge in [0.15, 0.2) is 0 Å². The minimum atomic E-state index is 1.32. The van der Waals surface area contributed by atoms with Gasteiger partial charge in [-0.2, -0.15) is 0 Å². The SMILES string of the molecule is Cc1cccc2c3ccsc3cc-2c1. The first kappa shape index (κ1) is 8.01. The van der Waals surface area contributed by atoms with E-state index in [9.17, 15) is 0 Å². The summed E-state index contributed by atoms with van der Waals surface area (Å²) < 4.78 is 1.39. The summed E-state index contributed by atoms with van der Waals surface area (Å²) in [5.41, 5.74) is 4.04. The summed E-state index contributed by atoms with van der Waals surface area (Å²) in [5, 5.41) is 3.55. The van der Waals surface area contributed by atoms with Crippen LogP contribution in [0.1, 0.15) is 5.56 Å². The van der Waals surface area contributed by atoms with Crippen LogP contribution in [0.25, 0.3) is 21.2 Å². The Morgan fingerprint density at radius 2 is 2.00 bits per heavy atom. The summed E-state index contributed by atoms with van der Waals surface area (Å²) in [7, 11) is 0. The van der Waals surface area contributed by atoms with Crippen molar-refractivity contribution in [1.29, 1.82) is 0 Å². The van der Waals surface area contributed by atoms with Gasteiger partial charge < -0.3 is 0 Å². The molecule has 0 bridgehead atoms. The van der Waals surface area contributed by atoms with E-state index in [0.29, 0.717) is 0 Å². The second kappa shape index (κ2) is 2.82. The van der Waals surface area contributed by atoms with Gasteiger partial charge in [0.25, 0.3) is 0 Å². The third kappa shape index (κ3) is 1.06. The van der Waals surface area contributed by atoms with Gasteiger partial charge in [-0.1, -0.05) is 29.8 Å². The normalized spacial score (nSPS) is 11.2. The van der Waals surface area contributed by atoms with Crippen LogP contribution in [0.5, 0.6) is 0 Å². The Morgan fingerprint density at radius 3 is 2.93 bits per heavy atom. The van der Waals surface area contributed by atoms with Crippen LogP contribution >= 0.6 is 11.3 Å². The molecule has 0 spiro atoms. The topological polar surface area (TPSA) is 0 Å². The van der Waals surface area contributed by atoms with Gasteiger partial charge in [-0.05, 0) is 35.6 Å². The number of fused-ring (bicyclic) bond motifs is 3. The van der Waals surface area contributed by atoms with E-state index in [1.807, 2.05) is 11.3 Å². The molecule has 68 valence electrons. The second-order valence-corrected chi connectivity index (χ2v) is 4.57. The van der Waals surface area contributed by atoms with Crippen LogP contribution < -0.4 is 0 Å². The molecule has 0 aromatic carbocycles. The largest absolute Gasteiger partial charge is 0.144 e. The van der Waals surface area contributed by atoms with E-state index in [1.165, 1.54) is 26.8 Å². The predicted octanol–water partition coefficient (Wildman–Crippen LogP) is 4.31. The third-order valence-electron chi connectivity index (χ3n) is 2.59. The average Bonchev–Trinajstić information content (AvgIpc) is 2.64. The molecule has 0 radical (unpaired) electrons. The van der Waals surface area contributed by atoms with Crippen LogP contribution in [0.4, 0.5) is 0 Å². The summed E-state index contributed by atoms with van der Waals surface area (Å²) in [6.07, 6.45) is 0. The molecule has 1 aromatic heterocycles. The van der Waals surface area contributed by atoms with Gasteiger partial charge >= 0.3 is 0 Å². The number of hydrogen-bond acceptors (Lipinski definition) is 1. The number of hydrogen-bond donors (Lipinski definition) is 0. The van der Waals surface area contributed by atoms with Gasteiger partial charge in [0, 0.05) is 10.1 Å². The molecule has 3 rings (SSSR count). The highest BCUT2D eigenvalue weighted by molar-refractivity contribution is 7.17. The lowest BCUT2D eigenvalue weighted by Gasteiger charge is -1.90. The first-order chi connectivity index (χ1) is 6.84. The van der Waals surface area contributed by atoms with Crippen molar-refractivity contribution in [2.45, 2.75) is 6.92 Å². The molecule has 0 aliphatic heterocycles. The Balaban J connectivity index is 2.49. The van der Waals surface area contributed by atoms with E-state index in [-0.39, 0.29) is 0 Å². The summed E-state index contributed by atoms with van der Waals surface area (Å²) in [6, 6.07) is 13.2. The van der Waals surface area contributed by atoms with Crippen LogP contribution in [0.2, 0.25) is 0 Å². The first-order valence-electron chi connectivity index (χ1n) is 4.71. The molecule has 0 unspecified atom stereocenters. The molecule has 14 heavy (non-hydrogen) atoms. The lowest BCUT2D eigenvalue weighted by atomic mass is 10.1. The zero-order valence-electron chi connectivity index (χ0n) is 7.95. The van der Waals surface area contributed by atoms with Crippen molar-refractivity contribution >= 4 is 21.4 Å². The van der Waals surface area contributed by atoms with Crippen LogP contribution in [0.15, 0.2) is 41.8 Å². The molecule has 0 nitrogen and oxygen atoms in total. The number of aryl methyl sites for hydroxylation is 1. The Bertz CT molecular complexity index is 563. The first-order valence-corrected chi connectivity index (χ1v) is 5.59. The maximum atomic E-state index is 2.28. The lowest BCUT2D eigenvalue weighted by molar-refractivity contribution is 1.52. The molecule has 0 saturated carbocycles. The molecular weight excluding hydrogens is 188 g/mol. The molecule has 0 saturated heterocycles. The zero-order valence-corrected chi connectivity index (χ0v) is 8.77. The third-order valence-corrected chi connectivity index (χ3v) is 3.45. The van der Waals surface area contributed by atoms with E-state index in [4.69, 9.17) is 0 Å². The molecule has 2 aliphatic carbocycles. The summed E-state index contributed by atoms with van der Waals surface area (Å²) in [6.45, 7) is 2.14. The fraction of sp³-hybridized carbons (Fsp3) is 0.0769. The number of thiophene rings is 1. The fourth-order valence-electron chi connectivity index (χ4n) is 1.92. The molecule has 1 heteroatoms. The van der Waals surface area contributed by atoms with Crippen molar-refractivity contribution in [2.75, 3.05) is 0 Å². The quantitative estimate of drug-likeness (QED) is 0.505. The molecule has 0 N–H and O–H groups in total. The summed E-state index contributed by atoms with van der Waals surface area (Å²) in [4.78, 5) is 0. The van der Waals surface area contributed by atoms with E-state index in [0.717, 1.165) is 0 Å². The van der Waals surface area contributed by atoms with Crippen molar-refractivity contribution in [3.8, 4) is 11.1 Å². The molecule has 1 heterocycles. The van der Waals surface area contributed by atoms with Gasteiger partial charge in [-0.15, -0.1) is 11.3 Å². The zero-order chi connectivity index (χ0) is 9.54. The highest BCUT2D eigenvalue weighted by Gasteiger charge is 2.08. The van der Waals surface area contributed by atoms with Crippen LogP contribution in [0, 0.1) is 6.92 Å². The maximum absolute atomic E-state index is 2.28. The number of rotatable bonds is 0. The van der Waals surface area contributed by atoms with Gasteiger partial charge in [0.05, 0.1) is 0 Å². The molecule has 1 aromatic rings. The second-order valence-electron chi connectivity index (χ2n) is 3.63. The molecular formula is C13H10S. The van der Waals surface area contributed by atoms with Crippen molar-refractivity contribution in [3.05, 3.63) is 47.3 Å². The molecule has 2 aliphatic rings. The van der Waals surface area contributed by atoms with E-state index in [1.54, 1.807) is 0 Å². The molecule has 0 atom stereocenters. The Kier molecular flexibility index (Phi) is 1.62. The van der Waals surface area contributed by atoms with E-state index >= 15 is 0 Å². The van der Waals surface area contributed by atoms with Gasteiger partial charge in [-0.3, -0.25) is 0 Å². The van der Waals surface area contributed by atoms with E-state index in [2.05, 4.69) is 48.7 Å². The Morgan fingerprint density at radius 1 is 1.07 bits per heavy atom. The average molecular weight is 198 g/mol. The van der Waals surface area contributed by atoms with Crippen molar-refractivity contribution in [1.82, 2.24) is 0 Å². The Labute approximate surface area is 87.2 Å². The van der Waals surface area contributed by atoms with Crippen LogP contribution in [-0.4, -0.2) is 0 Å². The van der Waals surface area contributed by atoms with Crippen molar-refractivity contribution < 1.29 is 0 Å². The lowest BCUT2D eigenvalue weighted by Crippen LogP contribution is -1.65. The highest BCUT2D eigenvalue weighted by Crippen LogP contribution is 2.36. The smallest absolute Gasteiger partial charge is 0.0355 e. The van der Waals surface area contributed by atoms with E-state index < -0.39 is 0 Å². The van der Waals surface area contributed by atoms with Crippen LogP contribution in [0.3, 0.4) is 0 Å². The summed E-state index contributed by atoms with van der Waals surface area (Å²) >= 11 is 1.82. The Hall–Kier alpha value is -1.34. The van der Waals surface area contributed by atoms with Gasteiger partial charge in [0.2, 0.25) is 0 Å². The van der Waals surface area contributed by atoms with Gasteiger partial charge in [0.1, 0.15) is 0 Å². The van der Waals surface area contributed by atoms with Crippen molar-refractivity contribution in [2.24, 2.45) is 0 Å². The minimum absolute atomic E-state index is 1.32. The standard InChI is InChI=1S/C13H10S/c1-9-3-2-4-11-10(7-9)8-13-12(11)5-6-14-13/h2-8H,1H3. The van der Waals surface area contributed by atoms with Gasteiger partial charge in [-0.25, -0.2) is 0 Å². The van der Waals surface area contributed by atoms with Crippen LogP contribution in [-0.2, 0) is 0 Å². The molecule has 0 fully saturated rings. The highest BCUT2D eigenvalue weighted by atomic mass is 32.1.